The molecule has 0 aliphatic carbocycles. The Morgan fingerprint density at radius 3 is 2.95 bits per heavy atom. The van der Waals surface area contributed by atoms with Crippen LogP contribution in [0.25, 0.3) is 0 Å². The molecule has 1 aliphatic rings. The lowest BCUT2D eigenvalue weighted by Gasteiger charge is -2.27. The van der Waals surface area contributed by atoms with Crippen molar-refractivity contribution in [2.45, 2.75) is 25.8 Å². The molecule has 4 heteroatoms. The Hall–Kier alpha value is -1.81. The van der Waals surface area contributed by atoms with Gasteiger partial charge in [-0.3, -0.25) is 0 Å². The molecule has 2 heterocycles. The van der Waals surface area contributed by atoms with Crippen LogP contribution in [-0.4, -0.2) is 24.0 Å². The Morgan fingerprint density at radius 2 is 2.10 bits per heavy atom. The molecule has 3 nitrogen and oxygen atoms in total. The van der Waals surface area contributed by atoms with Crippen molar-refractivity contribution >= 4 is 17.4 Å². The van der Waals surface area contributed by atoms with Gasteiger partial charge in [-0.25, -0.2) is 4.79 Å². The lowest BCUT2D eigenvalue weighted by Crippen LogP contribution is -2.42. The molecule has 1 aromatic heterocycles. The van der Waals surface area contributed by atoms with E-state index in [4.69, 9.17) is 0 Å². The van der Waals surface area contributed by atoms with E-state index < -0.39 is 0 Å². The second-order valence-corrected chi connectivity index (χ2v) is 6.36. The molecule has 0 saturated carbocycles. The Balaban J connectivity index is 1.41. The SMILES string of the molecule is O=C(NCCCc1ccccc1)N1CCc2sccc2C1. The summed E-state index contributed by atoms with van der Waals surface area (Å²) in [6, 6.07) is 12.6. The van der Waals surface area contributed by atoms with Crippen molar-refractivity contribution in [1.29, 1.82) is 0 Å². The number of carbonyl (C=O) groups excluding carboxylic acids is 1. The molecule has 1 aliphatic heterocycles. The van der Waals surface area contributed by atoms with Crippen LogP contribution in [0.15, 0.2) is 41.8 Å². The zero-order valence-electron chi connectivity index (χ0n) is 12.0. The maximum absolute atomic E-state index is 12.2. The van der Waals surface area contributed by atoms with Crippen molar-refractivity contribution in [3.8, 4) is 0 Å². The minimum absolute atomic E-state index is 0.0694. The van der Waals surface area contributed by atoms with Crippen LogP contribution in [0.2, 0.25) is 0 Å². The molecular weight excluding hydrogens is 280 g/mol. The zero-order chi connectivity index (χ0) is 14.5. The third-order valence-electron chi connectivity index (χ3n) is 3.86. The number of carbonyl (C=O) groups is 1. The van der Waals surface area contributed by atoms with Gasteiger partial charge in [-0.05, 0) is 41.8 Å². The van der Waals surface area contributed by atoms with Gasteiger partial charge in [-0.1, -0.05) is 30.3 Å². The monoisotopic (exact) mass is 300 g/mol. The van der Waals surface area contributed by atoms with Gasteiger partial charge in [-0.2, -0.15) is 0 Å². The van der Waals surface area contributed by atoms with E-state index in [2.05, 4.69) is 41.0 Å². The van der Waals surface area contributed by atoms with E-state index in [0.29, 0.717) is 0 Å². The van der Waals surface area contributed by atoms with Crippen LogP contribution >= 0.6 is 11.3 Å². The highest BCUT2D eigenvalue weighted by atomic mass is 32.1. The van der Waals surface area contributed by atoms with Crippen LogP contribution < -0.4 is 5.32 Å². The Labute approximate surface area is 129 Å². The number of amides is 2. The number of aryl methyl sites for hydroxylation is 1. The van der Waals surface area contributed by atoms with Gasteiger partial charge < -0.3 is 10.2 Å². The number of rotatable bonds is 4. The number of thiophene rings is 1. The largest absolute Gasteiger partial charge is 0.338 e. The van der Waals surface area contributed by atoms with E-state index in [-0.39, 0.29) is 6.03 Å². The standard InChI is InChI=1S/C17H20N2OS/c20-17(18-10-4-7-14-5-2-1-3-6-14)19-11-8-16-15(13-19)9-12-21-16/h1-3,5-6,9,12H,4,7-8,10-11,13H2,(H,18,20). The first-order valence-corrected chi connectivity index (χ1v) is 8.33. The molecule has 1 aromatic carbocycles. The number of benzene rings is 1. The van der Waals surface area contributed by atoms with Crippen molar-refractivity contribution in [2.75, 3.05) is 13.1 Å². The van der Waals surface area contributed by atoms with E-state index in [1.165, 1.54) is 16.0 Å². The van der Waals surface area contributed by atoms with Crippen LogP contribution in [0.5, 0.6) is 0 Å². The maximum atomic E-state index is 12.2. The summed E-state index contributed by atoms with van der Waals surface area (Å²) < 4.78 is 0. The first-order valence-electron chi connectivity index (χ1n) is 7.45. The average Bonchev–Trinajstić information content (AvgIpc) is 3.00. The fourth-order valence-corrected chi connectivity index (χ4v) is 3.56. The van der Waals surface area contributed by atoms with Crippen LogP contribution in [0.1, 0.15) is 22.4 Å². The maximum Gasteiger partial charge on any atom is 0.317 e. The Bertz CT molecular complexity index is 594. The molecule has 2 aromatic rings. The van der Waals surface area contributed by atoms with Gasteiger partial charge in [0.1, 0.15) is 0 Å². The van der Waals surface area contributed by atoms with E-state index in [1.54, 1.807) is 11.3 Å². The molecule has 0 bridgehead atoms. The highest BCUT2D eigenvalue weighted by molar-refractivity contribution is 7.10. The molecule has 0 radical (unpaired) electrons. The number of hydrogen-bond donors (Lipinski definition) is 1. The van der Waals surface area contributed by atoms with E-state index >= 15 is 0 Å². The first-order chi connectivity index (χ1) is 10.3. The van der Waals surface area contributed by atoms with Gasteiger partial charge in [0.2, 0.25) is 0 Å². The number of urea groups is 1. The molecule has 0 atom stereocenters. The van der Waals surface area contributed by atoms with Crippen molar-refractivity contribution in [2.24, 2.45) is 0 Å². The minimum Gasteiger partial charge on any atom is -0.338 e. The minimum atomic E-state index is 0.0694. The molecule has 2 amide bonds. The fourth-order valence-electron chi connectivity index (χ4n) is 2.67. The number of hydrogen-bond acceptors (Lipinski definition) is 2. The van der Waals surface area contributed by atoms with Crippen LogP contribution in [0, 0.1) is 0 Å². The molecule has 21 heavy (non-hydrogen) atoms. The highest BCUT2D eigenvalue weighted by Gasteiger charge is 2.20. The molecule has 0 unspecified atom stereocenters. The van der Waals surface area contributed by atoms with Crippen LogP contribution in [0.3, 0.4) is 0 Å². The molecular formula is C17H20N2OS. The molecule has 110 valence electrons. The molecule has 1 N–H and O–H groups in total. The predicted octanol–water partition coefficient (Wildman–Crippen LogP) is 3.45. The lowest BCUT2D eigenvalue weighted by molar-refractivity contribution is 0.192. The summed E-state index contributed by atoms with van der Waals surface area (Å²) in [5.41, 5.74) is 2.64. The highest BCUT2D eigenvalue weighted by Crippen LogP contribution is 2.23. The molecule has 0 spiro atoms. The second-order valence-electron chi connectivity index (χ2n) is 5.36. The lowest BCUT2D eigenvalue weighted by atomic mass is 10.1. The predicted molar refractivity (Wildman–Crippen MR) is 86.6 cm³/mol. The summed E-state index contributed by atoms with van der Waals surface area (Å²) in [6.45, 7) is 2.32. The summed E-state index contributed by atoms with van der Waals surface area (Å²) in [6.07, 6.45) is 2.98. The average molecular weight is 300 g/mol. The summed E-state index contributed by atoms with van der Waals surface area (Å²) in [5.74, 6) is 0. The Kier molecular flexibility index (Phi) is 4.55. The summed E-state index contributed by atoms with van der Waals surface area (Å²) >= 11 is 1.80. The van der Waals surface area contributed by atoms with E-state index in [1.807, 2.05) is 11.0 Å². The third-order valence-corrected chi connectivity index (χ3v) is 4.88. The van der Waals surface area contributed by atoms with E-state index in [0.717, 1.165) is 38.9 Å². The number of nitrogens with zero attached hydrogens (tertiary/aromatic N) is 1. The summed E-state index contributed by atoms with van der Waals surface area (Å²) in [4.78, 5) is 15.5. The van der Waals surface area contributed by atoms with Crippen molar-refractivity contribution in [3.63, 3.8) is 0 Å². The van der Waals surface area contributed by atoms with Gasteiger partial charge in [0, 0.05) is 24.5 Å². The Morgan fingerprint density at radius 1 is 1.24 bits per heavy atom. The van der Waals surface area contributed by atoms with Crippen LogP contribution in [-0.2, 0) is 19.4 Å². The van der Waals surface area contributed by atoms with Crippen molar-refractivity contribution in [3.05, 3.63) is 57.8 Å². The fraction of sp³-hybridized carbons (Fsp3) is 0.353. The quantitative estimate of drug-likeness (QED) is 0.862. The van der Waals surface area contributed by atoms with E-state index in [9.17, 15) is 4.79 Å². The first kappa shape index (κ1) is 14.1. The second kappa shape index (κ2) is 6.76. The summed E-state index contributed by atoms with van der Waals surface area (Å²) in [5, 5.41) is 5.15. The molecule has 3 rings (SSSR count). The molecule has 0 fully saturated rings. The zero-order valence-corrected chi connectivity index (χ0v) is 12.9. The van der Waals surface area contributed by atoms with Gasteiger partial charge in [-0.15, -0.1) is 11.3 Å². The summed E-state index contributed by atoms with van der Waals surface area (Å²) in [7, 11) is 0. The topological polar surface area (TPSA) is 32.3 Å². The number of nitrogens with one attached hydrogen (secondary N) is 1. The van der Waals surface area contributed by atoms with Gasteiger partial charge >= 0.3 is 6.03 Å². The molecule has 0 saturated heterocycles. The number of fused-ring (bicyclic) bond motifs is 1. The third kappa shape index (κ3) is 3.64. The van der Waals surface area contributed by atoms with Crippen molar-refractivity contribution < 1.29 is 4.79 Å². The van der Waals surface area contributed by atoms with Gasteiger partial charge in [0.15, 0.2) is 0 Å². The van der Waals surface area contributed by atoms with Crippen LogP contribution in [0.4, 0.5) is 4.79 Å². The van der Waals surface area contributed by atoms with Gasteiger partial charge in [0.05, 0.1) is 0 Å². The van der Waals surface area contributed by atoms with Gasteiger partial charge in [0.25, 0.3) is 0 Å². The normalized spacial score (nSPS) is 13.8. The smallest absolute Gasteiger partial charge is 0.317 e. The van der Waals surface area contributed by atoms with Crippen molar-refractivity contribution in [1.82, 2.24) is 10.2 Å².